The summed E-state index contributed by atoms with van der Waals surface area (Å²) in [6, 6.07) is 0. The van der Waals surface area contributed by atoms with Gasteiger partial charge in [0.2, 0.25) is 0 Å². The fraction of sp³-hybridized carbons (Fsp3) is 0.667. The Morgan fingerprint density at radius 1 is 1.21 bits per heavy atom. The molecule has 7 nitrogen and oxygen atoms in total. The zero-order chi connectivity index (χ0) is 14.7. The molecule has 0 aromatic rings. The third-order valence-electron chi connectivity index (χ3n) is 1.93. The minimum atomic E-state index is -1.08. The molecule has 0 radical (unpaired) electrons. The minimum Gasteiger partial charge on any atom is -0.459 e. The lowest BCUT2D eigenvalue weighted by molar-refractivity contribution is -0.517. The zero-order valence-corrected chi connectivity index (χ0v) is 11.5. The van der Waals surface area contributed by atoms with Crippen molar-refractivity contribution in [2.24, 2.45) is 0 Å². The van der Waals surface area contributed by atoms with Gasteiger partial charge in [-0.25, -0.2) is 14.5 Å². The van der Waals surface area contributed by atoms with Crippen molar-refractivity contribution in [2.45, 2.75) is 39.2 Å². The zero-order valence-electron chi connectivity index (χ0n) is 11.5. The van der Waals surface area contributed by atoms with Crippen LogP contribution < -0.4 is 0 Å². The van der Waals surface area contributed by atoms with Crippen molar-refractivity contribution < 1.29 is 33.9 Å². The molecule has 0 saturated heterocycles. The van der Waals surface area contributed by atoms with Gasteiger partial charge in [-0.15, -0.1) is 0 Å². The molecule has 0 unspecified atom stereocenters. The maximum absolute atomic E-state index is 11.0. The quantitative estimate of drug-likeness (QED) is 0.210. The molecular weight excluding hydrogens is 256 g/mol. The van der Waals surface area contributed by atoms with E-state index in [4.69, 9.17) is 4.89 Å². The van der Waals surface area contributed by atoms with Gasteiger partial charge in [-0.1, -0.05) is 19.9 Å². The molecule has 0 spiro atoms. The van der Waals surface area contributed by atoms with E-state index in [1.54, 1.807) is 13.8 Å². The highest BCUT2D eigenvalue weighted by atomic mass is 17.5. The molecule has 7 heteroatoms. The fourth-order valence-corrected chi connectivity index (χ4v) is 1.13. The highest BCUT2D eigenvalue weighted by Gasteiger charge is 2.20. The summed E-state index contributed by atoms with van der Waals surface area (Å²) in [4.78, 5) is 30.7. The largest absolute Gasteiger partial charge is 0.542 e. The smallest absolute Gasteiger partial charge is 0.459 e. The van der Waals surface area contributed by atoms with Gasteiger partial charge in [0.15, 0.2) is 0 Å². The van der Waals surface area contributed by atoms with Crippen LogP contribution in [0.15, 0.2) is 12.7 Å². The van der Waals surface area contributed by atoms with E-state index in [1.807, 2.05) is 6.92 Å². The van der Waals surface area contributed by atoms with Crippen LogP contribution in [-0.4, -0.2) is 30.9 Å². The summed E-state index contributed by atoms with van der Waals surface area (Å²) in [7, 11) is 0. The van der Waals surface area contributed by atoms with Crippen molar-refractivity contribution in [1.82, 2.24) is 0 Å². The SMILES string of the molecule is C=CC(=O)OCCOC(=O)OOOC(C)(C)CCC. The molecule has 110 valence electrons. The maximum Gasteiger partial charge on any atom is 0.542 e. The van der Waals surface area contributed by atoms with Crippen LogP contribution in [0, 0.1) is 0 Å². The minimum absolute atomic E-state index is 0.0951. The number of hydrogen-bond acceptors (Lipinski definition) is 7. The van der Waals surface area contributed by atoms with Crippen LogP contribution in [-0.2, 0) is 29.1 Å². The van der Waals surface area contributed by atoms with Crippen LogP contribution in [0.25, 0.3) is 0 Å². The molecule has 0 atom stereocenters. The van der Waals surface area contributed by atoms with E-state index < -0.39 is 17.7 Å². The maximum atomic E-state index is 11.0. The van der Waals surface area contributed by atoms with E-state index in [0.29, 0.717) is 0 Å². The van der Waals surface area contributed by atoms with Crippen LogP contribution in [0.3, 0.4) is 0 Å². The molecular formula is C12H20O7. The lowest BCUT2D eigenvalue weighted by Gasteiger charge is -2.20. The first kappa shape index (κ1) is 17.4. The normalized spacial score (nSPS) is 10.7. The summed E-state index contributed by atoms with van der Waals surface area (Å²) < 4.78 is 9.10. The molecule has 0 aromatic heterocycles. The standard InChI is InChI=1S/C12H20O7/c1-5-7-12(3,4)18-19-17-11(14)16-9-8-15-10(13)6-2/h6H,2,5,7-9H2,1,3-4H3. The first-order valence-electron chi connectivity index (χ1n) is 5.89. The second-order valence-electron chi connectivity index (χ2n) is 4.21. The van der Waals surface area contributed by atoms with E-state index in [2.05, 4.69) is 26.0 Å². The molecule has 0 aliphatic carbocycles. The Bertz CT molecular complexity index is 298. The Morgan fingerprint density at radius 2 is 1.84 bits per heavy atom. The lowest BCUT2D eigenvalue weighted by Crippen LogP contribution is -2.25. The average Bonchev–Trinajstić information content (AvgIpc) is 2.33. The Balaban J connectivity index is 3.60. The number of esters is 1. The predicted octanol–water partition coefficient (Wildman–Crippen LogP) is 2.31. The highest BCUT2D eigenvalue weighted by molar-refractivity contribution is 5.81. The van der Waals surface area contributed by atoms with E-state index >= 15 is 0 Å². The molecule has 0 saturated carbocycles. The number of carbonyl (C=O) groups excluding carboxylic acids is 2. The molecule has 0 heterocycles. The summed E-state index contributed by atoms with van der Waals surface area (Å²) in [5.41, 5.74) is -0.561. The van der Waals surface area contributed by atoms with Crippen molar-refractivity contribution in [3.8, 4) is 0 Å². The van der Waals surface area contributed by atoms with Crippen molar-refractivity contribution in [2.75, 3.05) is 13.2 Å². The van der Waals surface area contributed by atoms with Crippen molar-refractivity contribution in [3.63, 3.8) is 0 Å². The molecule has 0 amide bonds. The van der Waals surface area contributed by atoms with Gasteiger partial charge in [0.25, 0.3) is 0 Å². The molecule has 0 fully saturated rings. The topological polar surface area (TPSA) is 80.3 Å². The predicted molar refractivity (Wildman–Crippen MR) is 64.7 cm³/mol. The second-order valence-corrected chi connectivity index (χ2v) is 4.21. The second kappa shape index (κ2) is 9.35. The monoisotopic (exact) mass is 276 g/mol. The number of hydrogen-bond donors (Lipinski definition) is 0. The Morgan fingerprint density at radius 3 is 2.42 bits per heavy atom. The van der Waals surface area contributed by atoms with E-state index in [9.17, 15) is 9.59 Å². The van der Waals surface area contributed by atoms with Gasteiger partial charge in [0.05, 0.1) is 0 Å². The Kier molecular flexibility index (Phi) is 8.56. The number of ether oxygens (including phenoxy) is 2. The summed E-state index contributed by atoms with van der Waals surface area (Å²) in [6.07, 6.45) is 1.56. The molecule has 0 aliphatic rings. The molecule has 0 aliphatic heterocycles. The molecule has 19 heavy (non-hydrogen) atoms. The van der Waals surface area contributed by atoms with Crippen LogP contribution in [0.2, 0.25) is 0 Å². The van der Waals surface area contributed by atoms with Crippen LogP contribution in [0.1, 0.15) is 33.6 Å². The van der Waals surface area contributed by atoms with Crippen molar-refractivity contribution in [3.05, 3.63) is 12.7 Å². The number of rotatable bonds is 9. The fourth-order valence-electron chi connectivity index (χ4n) is 1.13. The summed E-state index contributed by atoms with van der Waals surface area (Å²) in [5.74, 6) is -0.599. The summed E-state index contributed by atoms with van der Waals surface area (Å²) in [5, 5.41) is 4.31. The van der Waals surface area contributed by atoms with Crippen molar-refractivity contribution >= 4 is 12.1 Å². The Hall–Kier alpha value is -1.60. The summed E-state index contributed by atoms with van der Waals surface area (Å²) in [6.45, 7) is 8.54. The van der Waals surface area contributed by atoms with Gasteiger partial charge in [-0.05, 0) is 25.3 Å². The third-order valence-corrected chi connectivity index (χ3v) is 1.93. The van der Waals surface area contributed by atoms with E-state index in [-0.39, 0.29) is 13.2 Å². The molecule has 0 N–H and O–H groups in total. The third kappa shape index (κ3) is 10.0. The van der Waals surface area contributed by atoms with Crippen molar-refractivity contribution in [1.29, 1.82) is 0 Å². The number of carbonyl (C=O) groups is 2. The van der Waals surface area contributed by atoms with E-state index in [0.717, 1.165) is 18.9 Å². The van der Waals surface area contributed by atoms with E-state index in [1.165, 1.54) is 0 Å². The molecule has 0 bridgehead atoms. The van der Waals surface area contributed by atoms with Gasteiger partial charge < -0.3 is 9.47 Å². The van der Waals surface area contributed by atoms with Gasteiger partial charge in [0.1, 0.15) is 18.8 Å². The van der Waals surface area contributed by atoms with Crippen LogP contribution >= 0.6 is 0 Å². The first-order valence-corrected chi connectivity index (χ1v) is 5.89. The van der Waals surface area contributed by atoms with Gasteiger partial charge in [0, 0.05) is 6.08 Å². The summed E-state index contributed by atoms with van der Waals surface area (Å²) >= 11 is 0. The average molecular weight is 276 g/mol. The highest BCUT2D eigenvalue weighted by Crippen LogP contribution is 2.16. The molecule has 0 aromatic carbocycles. The first-order chi connectivity index (χ1) is 8.91. The Labute approximate surface area is 112 Å². The van der Waals surface area contributed by atoms with Crippen LogP contribution in [0.4, 0.5) is 4.79 Å². The van der Waals surface area contributed by atoms with Gasteiger partial charge in [-0.2, -0.15) is 4.89 Å². The lowest BCUT2D eigenvalue weighted by atomic mass is 10.0. The van der Waals surface area contributed by atoms with Crippen LogP contribution in [0.5, 0.6) is 0 Å². The van der Waals surface area contributed by atoms with Gasteiger partial charge in [-0.3, -0.25) is 0 Å². The van der Waals surface area contributed by atoms with Gasteiger partial charge >= 0.3 is 12.1 Å². The molecule has 0 rings (SSSR count).